The molecule has 1 aliphatic heterocycles. The number of carbonyl (C=O) groups is 1. The molecule has 1 aromatic rings. The highest BCUT2D eigenvalue weighted by atomic mass is 19.3. The number of hydrogen-bond donors (Lipinski definition) is 2. The number of halogens is 2. The minimum absolute atomic E-state index is 0.0874. The quantitative estimate of drug-likeness (QED) is 0.637. The second-order valence-electron chi connectivity index (χ2n) is 8.93. The van der Waals surface area contributed by atoms with Crippen molar-refractivity contribution >= 4 is 11.6 Å². The Hall–Kier alpha value is -2.00. The van der Waals surface area contributed by atoms with E-state index >= 15 is 0 Å². The summed E-state index contributed by atoms with van der Waals surface area (Å²) in [5, 5.41) is 12.9. The largest absolute Gasteiger partial charge is 0.476 e. The van der Waals surface area contributed by atoms with Crippen molar-refractivity contribution in [1.29, 1.82) is 0 Å². The fourth-order valence-electron chi connectivity index (χ4n) is 3.14. The average molecular weight is 413 g/mol. The van der Waals surface area contributed by atoms with E-state index in [9.17, 15) is 18.7 Å². The highest BCUT2D eigenvalue weighted by molar-refractivity contribution is 5.93. The molecule has 1 aliphatic carbocycles. The van der Waals surface area contributed by atoms with Gasteiger partial charge in [-0.1, -0.05) is 20.8 Å². The number of aliphatic hydroxyl groups excluding tert-OH is 1. The van der Waals surface area contributed by atoms with E-state index in [2.05, 4.69) is 10.3 Å². The number of methoxy groups -OCH3 is 1. The Labute approximate surface area is 169 Å². The number of nitrogens with one attached hydrogen (secondary N) is 1. The molecule has 2 N–H and O–H groups in total. The molecule has 0 radical (unpaired) electrons. The Balaban J connectivity index is 1.79. The zero-order valence-electron chi connectivity index (χ0n) is 17.2. The van der Waals surface area contributed by atoms with Gasteiger partial charge < -0.3 is 24.8 Å². The summed E-state index contributed by atoms with van der Waals surface area (Å²) in [6.07, 6.45) is 0.950. The molecule has 1 saturated heterocycles. The molecule has 1 amide bonds. The molecule has 2 atom stereocenters. The Morgan fingerprint density at radius 1 is 1.38 bits per heavy atom. The van der Waals surface area contributed by atoms with Gasteiger partial charge in [0.2, 0.25) is 5.88 Å². The molecular formula is C20H29F2N3O4. The first-order valence-corrected chi connectivity index (χ1v) is 9.78. The molecule has 7 nitrogen and oxygen atoms in total. The summed E-state index contributed by atoms with van der Waals surface area (Å²) < 4.78 is 37.3. The van der Waals surface area contributed by atoms with Crippen LogP contribution in [-0.2, 0) is 4.74 Å². The van der Waals surface area contributed by atoms with Crippen LogP contribution in [0.2, 0.25) is 0 Å². The van der Waals surface area contributed by atoms with Gasteiger partial charge in [0.1, 0.15) is 11.4 Å². The number of carbonyl (C=O) groups excluding carboxylic acids is 1. The van der Waals surface area contributed by atoms with Gasteiger partial charge in [0.15, 0.2) is 6.29 Å². The smallest absolute Gasteiger partial charge is 0.282 e. The molecule has 3 rings (SSSR count). The van der Waals surface area contributed by atoms with Crippen LogP contribution in [0.1, 0.15) is 44.1 Å². The molecule has 1 saturated carbocycles. The number of aromatic nitrogens is 1. The highest BCUT2D eigenvalue weighted by Gasteiger charge is 2.45. The van der Waals surface area contributed by atoms with Crippen LogP contribution in [-0.4, -0.2) is 61.1 Å². The van der Waals surface area contributed by atoms with Crippen molar-refractivity contribution in [1.82, 2.24) is 10.3 Å². The predicted octanol–water partition coefficient (Wildman–Crippen LogP) is 2.44. The van der Waals surface area contributed by atoms with E-state index in [0.717, 1.165) is 12.8 Å². The molecule has 2 aliphatic rings. The second kappa shape index (κ2) is 8.02. The Kier molecular flexibility index (Phi) is 6.01. The van der Waals surface area contributed by atoms with Gasteiger partial charge in [-0.2, -0.15) is 0 Å². The Morgan fingerprint density at radius 2 is 2.03 bits per heavy atom. The van der Waals surface area contributed by atoms with Gasteiger partial charge >= 0.3 is 0 Å². The van der Waals surface area contributed by atoms with Crippen LogP contribution in [0, 0.1) is 11.3 Å². The first kappa shape index (κ1) is 21.7. The maximum absolute atomic E-state index is 13.3. The third-order valence-electron chi connectivity index (χ3n) is 5.16. The molecule has 2 heterocycles. The van der Waals surface area contributed by atoms with Crippen LogP contribution in [0.15, 0.2) is 12.1 Å². The maximum atomic E-state index is 13.3. The number of hydrogen-bond acceptors (Lipinski definition) is 6. The van der Waals surface area contributed by atoms with E-state index in [-0.39, 0.29) is 11.6 Å². The molecule has 0 bridgehead atoms. The van der Waals surface area contributed by atoms with Crippen LogP contribution < -0.4 is 15.0 Å². The fourth-order valence-corrected chi connectivity index (χ4v) is 3.14. The molecule has 1 aromatic heterocycles. The van der Waals surface area contributed by atoms with Crippen molar-refractivity contribution in [3.8, 4) is 5.88 Å². The summed E-state index contributed by atoms with van der Waals surface area (Å²) >= 11 is 0. The van der Waals surface area contributed by atoms with Gasteiger partial charge in [0, 0.05) is 7.11 Å². The maximum Gasteiger partial charge on any atom is 0.282 e. The van der Waals surface area contributed by atoms with Gasteiger partial charge in [-0.05, 0) is 36.3 Å². The summed E-state index contributed by atoms with van der Waals surface area (Å²) in [5.41, 5.74) is 0.0707. The van der Waals surface area contributed by atoms with Crippen molar-refractivity contribution in [2.24, 2.45) is 11.3 Å². The summed E-state index contributed by atoms with van der Waals surface area (Å²) in [6, 6.07) is 2.38. The topological polar surface area (TPSA) is 83.9 Å². The number of amides is 1. The van der Waals surface area contributed by atoms with Crippen molar-refractivity contribution in [2.45, 2.75) is 51.9 Å². The average Bonchev–Trinajstić information content (AvgIpc) is 3.44. The van der Waals surface area contributed by atoms with E-state index in [1.54, 1.807) is 6.07 Å². The third kappa shape index (κ3) is 5.33. The van der Waals surface area contributed by atoms with Crippen LogP contribution in [0.4, 0.5) is 14.5 Å². The first-order chi connectivity index (χ1) is 13.5. The Bertz CT molecular complexity index is 742. The molecule has 162 valence electrons. The number of alkyl halides is 2. The van der Waals surface area contributed by atoms with Gasteiger partial charge in [0.25, 0.3) is 11.8 Å². The van der Waals surface area contributed by atoms with E-state index in [1.165, 1.54) is 18.1 Å². The number of anilines is 1. The van der Waals surface area contributed by atoms with Gasteiger partial charge in [0.05, 0.1) is 25.7 Å². The van der Waals surface area contributed by atoms with Crippen molar-refractivity contribution in [3.63, 3.8) is 0 Å². The fraction of sp³-hybridized carbons (Fsp3) is 0.700. The molecule has 1 unspecified atom stereocenters. The van der Waals surface area contributed by atoms with Gasteiger partial charge in [-0.25, -0.2) is 13.8 Å². The lowest BCUT2D eigenvalue weighted by Crippen LogP contribution is -2.56. The number of aliphatic hydroxyl groups is 1. The Morgan fingerprint density at radius 3 is 2.55 bits per heavy atom. The van der Waals surface area contributed by atoms with Gasteiger partial charge in [-0.3, -0.25) is 4.79 Å². The van der Waals surface area contributed by atoms with Crippen LogP contribution in [0.5, 0.6) is 5.88 Å². The number of pyridine rings is 1. The second-order valence-corrected chi connectivity index (χ2v) is 8.93. The number of nitrogens with zero attached hydrogens (tertiary/aromatic N) is 2. The summed E-state index contributed by atoms with van der Waals surface area (Å²) in [7, 11) is 1.36. The lowest BCUT2D eigenvalue weighted by molar-refractivity contribution is -0.116. The van der Waals surface area contributed by atoms with E-state index in [4.69, 9.17) is 9.47 Å². The lowest BCUT2D eigenvalue weighted by atomic mass is 9.86. The molecular weight excluding hydrogens is 384 g/mol. The molecule has 2 fully saturated rings. The van der Waals surface area contributed by atoms with E-state index < -0.39 is 42.7 Å². The molecule has 0 aromatic carbocycles. The minimum atomic E-state index is -2.72. The van der Waals surface area contributed by atoms with Crippen molar-refractivity contribution < 1.29 is 28.2 Å². The highest BCUT2D eigenvalue weighted by Crippen LogP contribution is 2.38. The lowest BCUT2D eigenvalue weighted by Gasteiger charge is -2.40. The first-order valence-electron chi connectivity index (χ1n) is 9.78. The zero-order valence-corrected chi connectivity index (χ0v) is 17.2. The van der Waals surface area contributed by atoms with Crippen LogP contribution >= 0.6 is 0 Å². The monoisotopic (exact) mass is 413 g/mol. The van der Waals surface area contributed by atoms with Crippen molar-refractivity contribution in [3.05, 3.63) is 17.8 Å². The van der Waals surface area contributed by atoms with Gasteiger partial charge in [-0.15, -0.1) is 0 Å². The summed E-state index contributed by atoms with van der Waals surface area (Å²) in [6.45, 7) is 5.25. The van der Waals surface area contributed by atoms with Crippen molar-refractivity contribution in [2.75, 3.05) is 31.7 Å². The minimum Gasteiger partial charge on any atom is -0.476 e. The SMILES string of the molecule is COC(O)[C@@H](NC(=O)c1ccc(N2CC(F)(F)C2)c(OCC2CC2)n1)C(C)(C)C. The van der Waals surface area contributed by atoms with Crippen LogP contribution in [0.25, 0.3) is 0 Å². The van der Waals surface area contributed by atoms with Crippen LogP contribution in [0.3, 0.4) is 0 Å². The molecule has 9 heteroatoms. The third-order valence-corrected chi connectivity index (χ3v) is 5.16. The van der Waals surface area contributed by atoms with E-state index in [0.29, 0.717) is 18.2 Å². The summed E-state index contributed by atoms with van der Waals surface area (Å²) in [5.74, 6) is -2.60. The predicted molar refractivity (Wildman–Crippen MR) is 103 cm³/mol. The number of rotatable bonds is 8. The standard InChI is InChI=1S/C20H29F2N3O4/c1-19(2,3)15(18(27)28-4)24-16(26)13-7-8-14(25-10-20(21,22)11-25)17(23-13)29-9-12-5-6-12/h7-8,12,15,18,27H,5-6,9-11H2,1-4H3,(H,24,26)/t15-,18?/m1/s1. The molecule has 0 spiro atoms. The summed E-state index contributed by atoms with van der Waals surface area (Å²) in [4.78, 5) is 18.6. The zero-order chi connectivity index (χ0) is 21.4. The van der Waals surface area contributed by atoms with E-state index in [1.807, 2.05) is 20.8 Å². The molecule has 29 heavy (non-hydrogen) atoms. The number of ether oxygens (including phenoxy) is 2. The normalized spacial score (nSPS) is 20.6.